The predicted octanol–water partition coefficient (Wildman–Crippen LogP) is 1.18. The maximum Gasteiger partial charge on any atom is 0.175 e. The molecule has 102 valence electrons. The van der Waals surface area contributed by atoms with Crippen molar-refractivity contribution in [2.45, 2.75) is 31.3 Å². The summed E-state index contributed by atoms with van der Waals surface area (Å²) in [7, 11) is -3.09. The number of likely N-dealkylation sites (N-methyl/N-ethyl adjacent to an activating group) is 1. The van der Waals surface area contributed by atoms with Gasteiger partial charge in [-0.1, -0.05) is 19.1 Å². The van der Waals surface area contributed by atoms with Gasteiger partial charge in [0.05, 0.1) is 4.90 Å². The fourth-order valence-electron chi connectivity index (χ4n) is 1.58. The molecule has 1 atom stereocenters. The zero-order valence-electron chi connectivity index (χ0n) is 11.2. The molecule has 0 heterocycles. The zero-order valence-corrected chi connectivity index (χ0v) is 12.0. The molecule has 1 rings (SSSR count). The Bertz CT molecular complexity index is 454. The van der Waals surface area contributed by atoms with Gasteiger partial charge < -0.3 is 10.6 Å². The Morgan fingerprint density at radius 3 is 2.33 bits per heavy atom. The fourth-order valence-corrected chi connectivity index (χ4v) is 2.21. The van der Waals surface area contributed by atoms with E-state index in [2.05, 4.69) is 24.5 Å². The first kappa shape index (κ1) is 15.1. The monoisotopic (exact) mass is 270 g/mol. The molecule has 0 radical (unpaired) electrons. The topological polar surface area (TPSA) is 58.2 Å². The van der Waals surface area contributed by atoms with Crippen LogP contribution in [0.15, 0.2) is 29.2 Å². The normalized spacial score (nSPS) is 13.5. The first-order valence-electron chi connectivity index (χ1n) is 6.16. The smallest absolute Gasteiger partial charge is 0.175 e. The van der Waals surface area contributed by atoms with Gasteiger partial charge in [-0.2, -0.15) is 0 Å². The third-order valence-electron chi connectivity index (χ3n) is 2.71. The van der Waals surface area contributed by atoms with E-state index in [1.807, 2.05) is 12.1 Å². The molecule has 0 fully saturated rings. The first-order valence-corrected chi connectivity index (χ1v) is 8.05. The lowest BCUT2D eigenvalue weighted by Crippen LogP contribution is -2.35. The van der Waals surface area contributed by atoms with Crippen LogP contribution in [0.4, 0.5) is 0 Å². The van der Waals surface area contributed by atoms with E-state index in [1.165, 1.54) is 6.26 Å². The van der Waals surface area contributed by atoms with Crippen LogP contribution < -0.4 is 10.6 Å². The van der Waals surface area contributed by atoms with E-state index < -0.39 is 9.84 Å². The maximum absolute atomic E-state index is 11.3. The summed E-state index contributed by atoms with van der Waals surface area (Å²) >= 11 is 0. The summed E-state index contributed by atoms with van der Waals surface area (Å²) < 4.78 is 22.6. The highest BCUT2D eigenvalue weighted by molar-refractivity contribution is 7.90. The minimum absolute atomic E-state index is 0.368. The van der Waals surface area contributed by atoms with E-state index in [0.717, 1.165) is 25.2 Å². The predicted molar refractivity (Wildman–Crippen MR) is 74.4 cm³/mol. The van der Waals surface area contributed by atoms with Crippen molar-refractivity contribution in [1.29, 1.82) is 0 Å². The van der Waals surface area contributed by atoms with Crippen LogP contribution in [0, 0.1) is 0 Å². The minimum atomic E-state index is -3.09. The van der Waals surface area contributed by atoms with Crippen molar-refractivity contribution in [3.05, 3.63) is 29.8 Å². The second-order valence-electron chi connectivity index (χ2n) is 4.51. The summed E-state index contributed by atoms with van der Waals surface area (Å²) in [5, 5.41) is 6.65. The summed E-state index contributed by atoms with van der Waals surface area (Å²) in [6.45, 7) is 6.84. The van der Waals surface area contributed by atoms with Gasteiger partial charge >= 0.3 is 0 Å². The molecule has 4 nitrogen and oxygen atoms in total. The Hall–Kier alpha value is -0.910. The molecule has 0 aliphatic rings. The van der Waals surface area contributed by atoms with E-state index >= 15 is 0 Å². The van der Waals surface area contributed by atoms with Gasteiger partial charge in [-0.3, -0.25) is 0 Å². The standard InChI is InChI=1S/C13H22N2O2S/c1-4-14-9-11(2)15-10-12-5-7-13(8-6-12)18(3,16)17/h5-8,11,14-15H,4,9-10H2,1-3H3. The molecule has 18 heavy (non-hydrogen) atoms. The van der Waals surface area contributed by atoms with Gasteiger partial charge in [0.2, 0.25) is 0 Å². The van der Waals surface area contributed by atoms with Gasteiger partial charge in [-0.15, -0.1) is 0 Å². The molecule has 0 bridgehead atoms. The number of benzene rings is 1. The van der Waals surface area contributed by atoms with Crippen LogP contribution in [-0.2, 0) is 16.4 Å². The molecule has 0 aliphatic heterocycles. The Morgan fingerprint density at radius 2 is 1.83 bits per heavy atom. The number of hydrogen-bond donors (Lipinski definition) is 2. The van der Waals surface area contributed by atoms with Gasteiger partial charge in [-0.05, 0) is 31.2 Å². The Labute approximate surface area is 110 Å². The van der Waals surface area contributed by atoms with Crippen LogP contribution in [0.25, 0.3) is 0 Å². The van der Waals surface area contributed by atoms with Crippen molar-refractivity contribution in [1.82, 2.24) is 10.6 Å². The van der Waals surface area contributed by atoms with Crippen molar-refractivity contribution in [2.75, 3.05) is 19.3 Å². The molecule has 1 aromatic carbocycles. The Morgan fingerprint density at radius 1 is 1.22 bits per heavy atom. The molecule has 5 heteroatoms. The van der Waals surface area contributed by atoms with Crippen LogP contribution in [0.3, 0.4) is 0 Å². The number of hydrogen-bond acceptors (Lipinski definition) is 4. The largest absolute Gasteiger partial charge is 0.315 e. The maximum atomic E-state index is 11.3. The van der Waals surface area contributed by atoms with Crippen LogP contribution in [-0.4, -0.2) is 33.8 Å². The summed E-state index contributed by atoms with van der Waals surface area (Å²) in [6, 6.07) is 7.40. The summed E-state index contributed by atoms with van der Waals surface area (Å²) in [4.78, 5) is 0.368. The fraction of sp³-hybridized carbons (Fsp3) is 0.538. The van der Waals surface area contributed by atoms with Crippen molar-refractivity contribution < 1.29 is 8.42 Å². The lowest BCUT2D eigenvalue weighted by Gasteiger charge is -2.14. The molecular weight excluding hydrogens is 248 g/mol. The van der Waals surface area contributed by atoms with E-state index in [-0.39, 0.29) is 0 Å². The average Bonchev–Trinajstić information content (AvgIpc) is 2.33. The Balaban J connectivity index is 2.49. The SMILES string of the molecule is CCNCC(C)NCc1ccc(S(C)(=O)=O)cc1. The second kappa shape index (κ2) is 6.87. The molecule has 0 aliphatic carbocycles. The highest BCUT2D eigenvalue weighted by Crippen LogP contribution is 2.10. The van der Waals surface area contributed by atoms with Crippen LogP contribution in [0.2, 0.25) is 0 Å². The molecule has 2 N–H and O–H groups in total. The molecule has 0 aromatic heterocycles. The van der Waals surface area contributed by atoms with Gasteiger partial charge in [0.25, 0.3) is 0 Å². The minimum Gasteiger partial charge on any atom is -0.315 e. The third-order valence-corrected chi connectivity index (χ3v) is 3.84. The van der Waals surface area contributed by atoms with E-state index in [1.54, 1.807) is 12.1 Å². The molecule has 0 saturated carbocycles. The summed E-state index contributed by atoms with van der Waals surface area (Å²) in [5.41, 5.74) is 1.09. The number of sulfone groups is 1. The molecule has 0 spiro atoms. The summed E-state index contributed by atoms with van der Waals surface area (Å²) in [6.07, 6.45) is 1.22. The van der Waals surface area contributed by atoms with Gasteiger partial charge in [-0.25, -0.2) is 8.42 Å². The molecule has 1 aromatic rings. The average molecular weight is 270 g/mol. The summed E-state index contributed by atoms with van der Waals surface area (Å²) in [5.74, 6) is 0. The van der Waals surface area contributed by atoms with Crippen LogP contribution >= 0.6 is 0 Å². The molecule has 0 amide bonds. The number of rotatable bonds is 7. The van der Waals surface area contributed by atoms with E-state index in [4.69, 9.17) is 0 Å². The van der Waals surface area contributed by atoms with Crippen LogP contribution in [0.1, 0.15) is 19.4 Å². The second-order valence-corrected chi connectivity index (χ2v) is 6.52. The lowest BCUT2D eigenvalue weighted by atomic mass is 10.2. The van der Waals surface area contributed by atoms with Crippen molar-refractivity contribution in [2.24, 2.45) is 0 Å². The first-order chi connectivity index (χ1) is 8.43. The van der Waals surface area contributed by atoms with E-state index in [0.29, 0.717) is 10.9 Å². The lowest BCUT2D eigenvalue weighted by molar-refractivity contribution is 0.509. The molecular formula is C13H22N2O2S. The van der Waals surface area contributed by atoms with Crippen molar-refractivity contribution in [3.8, 4) is 0 Å². The van der Waals surface area contributed by atoms with Gasteiger partial charge in [0.1, 0.15) is 0 Å². The highest BCUT2D eigenvalue weighted by Gasteiger charge is 2.06. The zero-order chi connectivity index (χ0) is 13.6. The number of nitrogens with one attached hydrogen (secondary N) is 2. The van der Waals surface area contributed by atoms with E-state index in [9.17, 15) is 8.42 Å². The quantitative estimate of drug-likeness (QED) is 0.781. The van der Waals surface area contributed by atoms with Crippen molar-refractivity contribution in [3.63, 3.8) is 0 Å². The van der Waals surface area contributed by atoms with Crippen molar-refractivity contribution >= 4 is 9.84 Å². The highest BCUT2D eigenvalue weighted by atomic mass is 32.2. The molecule has 1 unspecified atom stereocenters. The third kappa shape index (κ3) is 5.16. The van der Waals surface area contributed by atoms with Gasteiger partial charge in [0.15, 0.2) is 9.84 Å². The molecule has 0 saturated heterocycles. The van der Waals surface area contributed by atoms with Gasteiger partial charge in [0, 0.05) is 25.4 Å². The Kier molecular flexibility index (Phi) is 5.78. The van der Waals surface area contributed by atoms with Crippen LogP contribution in [0.5, 0.6) is 0 Å².